The number of likely N-dealkylation sites (tertiary alicyclic amines) is 1. The second-order valence-corrected chi connectivity index (χ2v) is 4.86. The molecular formula is C11H24N2. The summed E-state index contributed by atoms with van der Waals surface area (Å²) in [6.07, 6.45) is 2.73. The van der Waals surface area contributed by atoms with Crippen LogP contribution in [0.3, 0.4) is 0 Å². The molecule has 78 valence electrons. The van der Waals surface area contributed by atoms with Crippen molar-refractivity contribution in [1.29, 1.82) is 0 Å². The largest absolute Gasteiger partial charge is 0.327 e. The summed E-state index contributed by atoms with van der Waals surface area (Å²) < 4.78 is 0. The van der Waals surface area contributed by atoms with E-state index in [9.17, 15) is 0 Å². The number of piperidine rings is 1. The first-order valence-electron chi connectivity index (χ1n) is 5.57. The number of rotatable bonds is 3. The molecule has 0 aromatic carbocycles. The maximum atomic E-state index is 5.78. The number of hydrogen-bond acceptors (Lipinski definition) is 2. The SMILES string of the molecule is CC(N)CN1CCC(C(C)C)CC1. The summed E-state index contributed by atoms with van der Waals surface area (Å²) in [5.41, 5.74) is 5.78. The minimum Gasteiger partial charge on any atom is -0.327 e. The Morgan fingerprint density at radius 3 is 2.15 bits per heavy atom. The van der Waals surface area contributed by atoms with Crippen molar-refractivity contribution in [2.24, 2.45) is 17.6 Å². The molecule has 1 heterocycles. The molecule has 13 heavy (non-hydrogen) atoms. The van der Waals surface area contributed by atoms with Crippen LogP contribution in [-0.2, 0) is 0 Å². The third-order valence-corrected chi connectivity index (χ3v) is 3.12. The second-order valence-electron chi connectivity index (χ2n) is 4.86. The van der Waals surface area contributed by atoms with E-state index in [2.05, 4.69) is 25.7 Å². The highest BCUT2D eigenvalue weighted by Crippen LogP contribution is 2.24. The number of hydrogen-bond donors (Lipinski definition) is 1. The molecule has 2 nitrogen and oxygen atoms in total. The van der Waals surface area contributed by atoms with Crippen molar-refractivity contribution < 1.29 is 0 Å². The minimum absolute atomic E-state index is 0.329. The van der Waals surface area contributed by atoms with Crippen molar-refractivity contribution in [3.8, 4) is 0 Å². The van der Waals surface area contributed by atoms with Gasteiger partial charge in [-0.3, -0.25) is 0 Å². The Balaban J connectivity index is 2.22. The number of nitrogens with zero attached hydrogens (tertiary/aromatic N) is 1. The Morgan fingerprint density at radius 1 is 1.23 bits per heavy atom. The highest BCUT2D eigenvalue weighted by Gasteiger charge is 2.21. The topological polar surface area (TPSA) is 29.3 Å². The van der Waals surface area contributed by atoms with E-state index in [-0.39, 0.29) is 0 Å². The zero-order chi connectivity index (χ0) is 9.84. The first kappa shape index (κ1) is 11.0. The maximum Gasteiger partial charge on any atom is 0.0139 e. The van der Waals surface area contributed by atoms with Gasteiger partial charge in [0.2, 0.25) is 0 Å². The predicted octanol–water partition coefficient (Wildman–Crippen LogP) is 1.70. The fraction of sp³-hybridized carbons (Fsp3) is 1.00. The summed E-state index contributed by atoms with van der Waals surface area (Å²) in [5, 5.41) is 0. The van der Waals surface area contributed by atoms with Gasteiger partial charge in [-0.25, -0.2) is 0 Å². The van der Waals surface area contributed by atoms with Crippen LogP contribution in [-0.4, -0.2) is 30.6 Å². The molecule has 1 saturated heterocycles. The zero-order valence-electron chi connectivity index (χ0n) is 9.29. The lowest BCUT2D eigenvalue weighted by atomic mass is 9.86. The van der Waals surface area contributed by atoms with Crippen LogP contribution in [0, 0.1) is 11.8 Å². The molecule has 1 aliphatic heterocycles. The van der Waals surface area contributed by atoms with Gasteiger partial charge in [-0.1, -0.05) is 13.8 Å². The zero-order valence-corrected chi connectivity index (χ0v) is 9.29. The summed E-state index contributed by atoms with van der Waals surface area (Å²) in [5.74, 6) is 1.81. The molecule has 0 radical (unpaired) electrons. The lowest BCUT2D eigenvalue weighted by Gasteiger charge is -2.34. The molecule has 2 heteroatoms. The average molecular weight is 184 g/mol. The summed E-state index contributed by atoms with van der Waals surface area (Å²) in [6.45, 7) is 10.4. The van der Waals surface area contributed by atoms with E-state index in [1.807, 2.05) is 0 Å². The van der Waals surface area contributed by atoms with Crippen molar-refractivity contribution in [2.45, 2.75) is 39.7 Å². The molecule has 2 N–H and O–H groups in total. The Morgan fingerprint density at radius 2 is 1.77 bits per heavy atom. The van der Waals surface area contributed by atoms with Crippen LogP contribution in [0.15, 0.2) is 0 Å². The molecule has 0 aromatic rings. The normalized spacial score (nSPS) is 23.8. The molecule has 0 aliphatic carbocycles. The Bertz CT molecular complexity index is 135. The van der Waals surface area contributed by atoms with E-state index in [1.54, 1.807) is 0 Å². The molecule has 1 rings (SSSR count). The second kappa shape index (κ2) is 4.97. The summed E-state index contributed by atoms with van der Waals surface area (Å²) in [7, 11) is 0. The van der Waals surface area contributed by atoms with Gasteiger partial charge in [0.15, 0.2) is 0 Å². The molecule has 1 unspecified atom stereocenters. The molecular weight excluding hydrogens is 160 g/mol. The molecule has 0 bridgehead atoms. The first-order valence-corrected chi connectivity index (χ1v) is 5.57. The standard InChI is InChI=1S/C11H24N2/c1-9(2)11-4-6-13(7-5-11)8-10(3)12/h9-11H,4-8,12H2,1-3H3. The number of nitrogens with two attached hydrogens (primary N) is 1. The quantitative estimate of drug-likeness (QED) is 0.723. The van der Waals surface area contributed by atoms with Crippen molar-refractivity contribution in [2.75, 3.05) is 19.6 Å². The van der Waals surface area contributed by atoms with Crippen molar-refractivity contribution in [3.05, 3.63) is 0 Å². The van der Waals surface area contributed by atoms with E-state index < -0.39 is 0 Å². The molecule has 1 fully saturated rings. The van der Waals surface area contributed by atoms with Gasteiger partial charge in [-0.2, -0.15) is 0 Å². The van der Waals surface area contributed by atoms with Crippen LogP contribution in [0.5, 0.6) is 0 Å². The van der Waals surface area contributed by atoms with Gasteiger partial charge in [-0.15, -0.1) is 0 Å². The van der Waals surface area contributed by atoms with E-state index in [0.717, 1.165) is 18.4 Å². The van der Waals surface area contributed by atoms with Crippen LogP contribution in [0.1, 0.15) is 33.6 Å². The van der Waals surface area contributed by atoms with Crippen molar-refractivity contribution >= 4 is 0 Å². The summed E-state index contributed by atoms with van der Waals surface area (Å²) >= 11 is 0. The Kier molecular flexibility index (Phi) is 4.20. The lowest BCUT2D eigenvalue weighted by molar-refractivity contribution is 0.153. The van der Waals surface area contributed by atoms with E-state index >= 15 is 0 Å². The van der Waals surface area contributed by atoms with Crippen LogP contribution in [0.2, 0.25) is 0 Å². The van der Waals surface area contributed by atoms with E-state index in [1.165, 1.54) is 25.9 Å². The minimum atomic E-state index is 0.329. The average Bonchev–Trinajstić information content (AvgIpc) is 2.04. The van der Waals surface area contributed by atoms with E-state index in [0.29, 0.717) is 6.04 Å². The third-order valence-electron chi connectivity index (χ3n) is 3.12. The molecule has 0 spiro atoms. The van der Waals surface area contributed by atoms with Gasteiger partial charge in [0.05, 0.1) is 0 Å². The summed E-state index contributed by atoms with van der Waals surface area (Å²) in [6, 6.07) is 0.329. The fourth-order valence-corrected chi connectivity index (χ4v) is 2.21. The Labute approximate surface area is 82.5 Å². The molecule has 0 aromatic heterocycles. The molecule has 1 atom stereocenters. The van der Waals surface area contributed by atoms with Gasteiger partial charge >= 0.3 is 0 Å². The first-order chi connectivity index (χ1) is 6.09. The van der Waals surface area contributed by atoms with Crippen LogP contribution in [0.4, 0.5) is 0 Å². The molecule has 0 amide bonds. The van der Waals surface area contributed by atoms with Gasteiger partial charge in [0.25, 0.3) is 0 Å². The lowest BCUT2D eigenvalue weighted by Crippen LogP contribution is -2.41. The Hall–Kier alpha value is -0.0800. The van der Waals surface area contributed by atoms with Gasteiger partial charge in [0.1, 0.15) is 0 Å². The van der Waals surface area contributed by atoms with Crippen LogP contribution in [0.25, 0.3) is 0 Å². The van der Waals surface area contributed by atoms with Gasteiger partial charge in [0, 0.05) is 12.6 Å². The molecule has 0 saturated carbocycles. The summed E-state index contributed by atoms with van der Waals surface area (Å²) in [4.78, 5) is 2.50. The monoisotopic (exact) mass is 184 g/mol. The highest BCUT2D eigenvalue weighted by atomic mass is 15.1. The van der Waals surface area contributed by atoms with Crippen molar-refractivity contribution in [1.82, 2.24) is 4.90 Å². The predicted molar refractivity (Wildman–Crippen MR) is 57.7 cm³/mol. The molecule has 1 aliphatic rings. The third kappa shape index (κ3) is 3.65. The van der Waals surface area contributed by atoms with Gasteiger partial charge in [-0.05, 0) is 44.7 Å². The van der Waals surface area contributed by atoms with E-state index in [4.69, 9.17) is 5.73 Å². The maximum absolute atomic E-state index is 5.78. The van der Waals surface area contributed by atoms with Crippen LogP contribution < -0.4 is 5.73 Å². The smallest absolute Gasteiger partial charge is 0.0139 e. The van der Waals surface area contributed by atoms with Gasteiger partial charge < -0.3 is 10.6 Å². The van der Waals surface area contributed by atoms with Crippen LogP contribution >= 0.6 is 0 Å². The fourth-order valence-electron chi connectivity index (χ4n) is 2.21. The van der Waals surface area contributed by atoms with Crippen molar-refractivity contribution in [3.63, 3.8) is 0 Å². The highest BCUT2D eigenvalue weighted by molar-refractivity contribution is 4.75.